The van der Waals surface area contributed by atoms with Gasteiger partial charge in [-0.1, -0.05) is 6.92 Å². The third-order valence-corrected chi connectivity index (χ3v) is 3.54. The molecule has 1 heterocycles. The van der Waals surface area contributed by atoms with Crippen molar-refractivity contribution in [3.8, 4) is 0 Å². The van der Waals surface area contributed by atoms with Crippen LogP contribution in [0.15, 0.2) is 12.4 Å². The highest BCUT2D eigenvalue weighted by Crippen LogP contribution is 2.15. The predicted octanol–water partition coefficient (Wildman–Crippen LogP) is 1.77. The van der Waals surface area contributed by atoms with Gasteiger partial charge in [0.25, 0.3) is 0 Å². The fraction of sp³-hybridized carbons (Fsp3) is 0.714. The first kappa shape index (κ1) is 15.7. The van der Waals surface area contributed by atoms with E-state index in [2.05, 4.69) is 21.8 Å². The standard InChI is InChI=1S/C14H25N3O2/c1-5-7-12-16-9-11-17(12)10-6-8-14(2,15-3)13(18)19-4/h9,11,15H,5-8,10H2,1-4H3. The molecule has 0 aliphatic heterocycles. The maximum Gasteiger partial charge on any atom is 0.325 e. The van der Waals surface area contributed by atoms with Crippen LogP contribution in [0, 0.1) is 0 Å². The Bertz CT molecular complexity index is 403. The summed E-state index contributed by atoms with van der Waals surface area (Å²) in [6.45, 7) is 4.90. The summed E-state index contributed by atoms with van der Waals surface area (Å²) in [5.74, 6) is 0.904. The van der Waals surface area contributed by atoms with E-state index in [9.17, 15) is 4.79 Å². The Morgan fingerprint density at radius 1 is 1.58 bits per heavy atom. The molecule has 0 spiro atoms. The summed E-state index contributed by atoms with van der Waals surface area (Å²) in [6, 6.07) is 0. The van der Waals surface area contributed by atoms with Crippen LogP contribution in [0.2, 0.25) is 0 Å². The molecule has 19 heavy (non-hydrogen) atoms. The molecular formula is C14H25N3O2. The molecule has 5 nitrogen and oxygen atoms in total. The highest BCUT2D eigenvalue weighted by Gasteiger charge is 2.31. The van der Waals surface area contributed by atoms with Gasteiger partial charge in [0.1, 0.15) is 11.4 Å². The fourth-order valence-corrected chi connectivity index (χ4v) is 2.15. The minimum Gasteiger partial charge on any atom is -0.468 e. The first-order valence-corrected chi connectivity index (χ1v) is 6.84. The minimum atomic E-state index is -0.611. The molecular weight excluding hydrogens is 242 g/mol. The lowest BCUT2D eigenvalue weighted by atomic mass is 9.96. The zero-order valence-corrected chi connectivity index (χ0v) is 12.4. The van der Waals surface area contributed by atoms with Crippen molar-refractivity contribution in [1.82, 2.24) is 14.9 Å². The summed E-state index contributed by atoms with van der Waals surface area (Å²) < 4.78 is 7.00. The van der Waals surface area contributed by atoms with Gasteiger partial charge in [-0.3, -0.25) is 4.79 Å². The average Bonchev–Trinajstić information content (AvgIpc) is 2.85. The average molecular weight is 267 g/mol. The molecule has 0 saturated carbocycles. The zero-order valence-electron chi connectivity index (χ0n) is 12.4. The van der Waals surface area contributed by atoms with Crippen molar-refractivity contribution in [2.24, 2.45) is 0 Å². The SMILES string of the molecule is CCCc1nccn1CCCC(C)(NC)C(=O)OC. The molecule has 0 saturated heterocycles. The van der Waals surface area contributed by atoms with Crippen molar-refractivity contribution in [2.45, 2.75) is 51.6 Å². The molecule has 1 aromatic heterocycles. The quantitative estimate of drug-likeness (QED) is 0.729. The van der Waals surface area contributed by atoms with Gasteiger partial charge in [-0.15, -0.1) is 0 Å². The van der Waals surface area contributed by atoms with Crippen LogP contribution in [0.3, 0.4) is 0 Å². The van der Waals surface area contributed by atoms with E-state index in [-0.39, 0.29) is 5.97 Å². The fourth-order valence-electron chi connectivity index (χ4n) is 2.15. The van der Waals surface area contributed by atoms with E-state index in [1.165, 1.54) is 7.11 Å². The number of esters is 1. The van der Waals surface area contributed by atoms with Gasteiger partial charge in [-0.2, -0.15) is 0 Å². The number of hydrogen-bond acceptors (Lipinski definition) is 4. The van der Waals surface area contributed by atoms with Crippen molar-refractivity contribution in [3.05, 3.63) is 18.2 Å². The molecule has 1 atom stereocenters. The maximum absolute atomic E-state index is 11.7. The number of nitrogens with zero attached hydrogens (tertiary/aromatic N) is 2. The van der Waals surface area contributed by atoms with Crippen molar-refractivity contribution in [3.63, 3.8) is 0 Å². The molecule has 0 aliphatic rings. The zero-order chi connectivity index (χ0) is 14.3. The normalized spacial score (nSPS) is 14.1. The summed E-state index contributed by atoms with van der Waals surface area (Å²) >= 11 is 0. The molecule has 0 aliphatic carbocycles. The Morgan fingerprint density at radius 2 is 2.32 bits per heavy atom. The summed E-state index contributed by atoms with van der Waals surface area (Å²) in [5.41, 5.74) is -0.611. The van der Waals surface area contributed by atoms with Crippen molar-refractivity contribution < 1.29 is 9.53 Å². The lowest BCUT2D eigenvalue weighted by molar-refractivity contribution is -0.148. The van der Waals surface area contributed by atoms with Crippen molar-refractivity contribution >= 4 is 5.97 Å². The van der Waals surface area contributed by atoms with Crippen molar-refractivity contribution in [1.29, 1.82) is 0 Å². The molecule has 108 valence electrons. The van der Waals surface area contributed by atoms with Crippen LogP contribution >= 0.6 is 0 Å². The molecule has 0 radical (unpaired) electrons. The van der Waals surface area contributed by atoms with Gasteiger partial charge in [-0.05, 0) is 33.2 Å². The van der Waals surface area contributed by atoms with E-state index >= 15 is 0 Å². The van der Waals surface area contributed by atoms with E-state index < -0.39 is 5.54 Å². The monoisotopic (exact) mass is 267 g/mol. The lowest BCUT2D eigenvalue weighted by Crippen LogP contribution is -2.48. The van der Waals surface area contributed by atoms with E-state index in [4.69, 9.17) is 4.74 Å². The summed E-state index contributed by atoms with van der Waals surface area (Å²) in [5, 5.41) is 3.05. The Labute approximate surface area is 115 Å². The third kappa shape index (κ3) is 4.06. The third-order valence-electron chi connectivity index (χ3n) is 3.54. The van der Waals surface area contributed by atoms with E-state index in [0.29, 0.717) is 0 Å². The maximum atomic E-state index is 11.7. The lowest BCUT2D eigenvalue weighted by Gasteiger charge is -2.26. The summed E-state index contributed by atoms with van der Waals surface area (Å²) in [6.07, 6.45) is 7.56. The second-order valence-electron chi connectivity index (χ2n) is 4.96. The summed E-state index contributed by atoms with van der Waals surface area (Å²) in [4.78, 5) is 16.1. The van der Waals surface area contributed by atoms with Crippen LogP contribution in [-0.4, -0.2) is 35.2 Å². The molecule has 0 fully saturated rings. The van der Waals surface area contributed by atoms with Crippen LogP contribution in [0.4, 0.5) is 0 Å². The number of rotatable bonds is 8. The number of aromatic nitrogens is 2. The Kier molecular flexibility index (Phi) is 6.02. The van der Waals surface area contributed by atoms with Crippen LogP contribution < -0.4 is 5.32 Å². The van der Waals surface area contributed by atoms with Crippen LogP contribution in [0.1, 0.15) is 38.9 Å². The van der Waals surface area contributed by atoms with Gasteiger partial charge in [0, 0.05) is 25.4 Å². The number of carbonyl (C=O) groups excluding carboxylic acids is 1. The minimum absolute atomic E-state index is 0.214. The topological polar surface area (TPSA) is 56.2 Å². The molecule has 0 aromatic carbocycles. The second kappa shape index (κ2) is 7.28. The number of likely N-dealkylation sites (N-methyl/N-ethyl adjacent to an activating group) is 1. The molecule has 0 bridgehead atoms. The molecule has 5 heteroatoms. The molecule has 0 amide bonds. The number of imidazole rings is 1. The van der Waals surface area contributed by atoms with Gasteiger partial charge in [0.05, 0.1) is 7.11 Å². The smallest absolute Gasteiger partial charge is 0.325 e. The molecule has 1 rings (SSSR count). The van der Waals surface area contributed by atoms with Gasteiger partial charge in [0.2, 0.25) is 0 Å². The van der Waals surface area contributed by atoms with Crippen LogP contribution in [0.25, 0.3) is 0 Å². The van der Waals surface area contributed by atoms with Gasteiger partial charge >= 0.3 is 5.97 Å². The number of carbonyl (C=O) groups is 1. The van der Waals surface area contributed by atoms with Crippen LogP contribution in [0.5, 0.6) is 0 Å². The van der Waals surface area contributed by atoms with Crippen LogP contribution in [-0.2, 0) is 22.5 Å². The number of methoxy groups -OCH3 is 1. The van der Waals surface area contributed by atoms with Gasteiger partial charge < -0.3 is 14.6 Å². The first-order valence-electron chi connectivity index (χ1n) is 6.84. The van der Waals surface area contributed by atoms with Gasteiger partial charge in [0.15, 0.2) is 0 Å². The van der Waals surface area contributed by atoms with Gasteiger partial charge in [-0.25, -0.2) is 4.98 Å². The Hall–Kier alpha value is -1.36. The highest BCUT2D eigenvalue weighted by molar-refractivity contribution is 5.80. The molecule has 1 unspecified atom stereocenters. The Morgan fingerprint density at radius 3 is 2.89 bits per heavy atom. The molecule has 1 N–H and O–H groups in total. The van der Waals surface area contributed by atoms with E-state index in [0.717, 1.165) is 38.1 Å². The largest absolute Gasteiger partial charge is 0.468 e. The number of aryl methyl sites for hydroxylation is 2. The summed E-state index contributed by atoms with van der Waals surface area (Å²) in [7, 11) is 3.21. The number of ether oxygens (including phenoxy) is 1. The van der Waals surface area contributed by atoms with E-state index in [1.807, 2.05) is 19.3 Å². The predicted molar refractivity (Wildman–Crippen MR) is 74.9 cm³/mol. The molecule has 1 aromatic rings. The number of nitrogens with one attached hydrogen (secondary N) is 1. The highest BCUT2D eigenvalue weighted by atomic mass is 16.5. The second-order valence-corrected chi connectivity index (χ2v) is 4.96. The van der Waals surface area contributed by atoms with E-state index in [1.54, 1.807) is 7.05 Å². The Balaban J connectivity index is 2.52. The first-order chi connectivity index (χ1) is 9.07. The number of hydrogen-bond donors (Lipinski definition) is 1. The van der Waals surface area contributed by atoms with Crippen molar-refractivity contribution in [2.75, 3.05) is 14.2 Å².